The van der Waals surface area contributed by atoms with E-state index in [4.69, 9.17) is 6.58 Å². The van der Waals surface area contributed by atoms with Crippen molar-refractivity contribution < 1.29 is 0 Å². The smallest absolute Gasteiger partial charge is 0.200 e. The van der Waals surface area contributed by atoms with Crippen LogP contribution in [-0.2, 0) is 17.3 Å². The maximum absolute atomic E-state index is 4.85. The molecule has 8 rings (SSSR count). The summed E-state index contributed by atoms with van der Waals surface area (Å²) in [5, 5.41) is 2.76. The molecule has 2 aromatic heterocycles. The van der Waals surface area contributed by atoms with E-state index in [1.807, 2.05) is 22.7 Å². The predicted octanol–water partition coefficient (Wildman–Crippen LogP) is 17.2. The number of rotatable bonds is 8. The van der Waals surface area contributed by atoms with E-state index in [0.29, 0.717) is 5.92 Å². The molecule has 3 aliphatic carbocycles. The first-order valence-electron chi connectivity index (χ1n) is 24.8. The molecule has 1 aliphatic heterocycles. The lowest BCUT2D eigenvalue weighted by atomic mass is 9.61. The predicted molar refractivity (Wildman–Crippen MR) is 295 cm³/mol. The van der Waals surface area contributed by atoms with Gasteiger partial charge >= 0.3 is 0 Å². The SMILES string of the molecule is C=CCC1/C=C/N(C(/C=C/C(C)(C)C)=C/C=C/C(C)C)C(/C=C2\C(=C)C(C)(C)CCC2(C)C)=C\[B]c2sc3cc4c(cc3c2N1C1=CCCc2c1sc1ccccc21)C(C)(C)CCC4(C)C. The van der Waals surface area contributed by atoms with Crippen molar-refractivity contribution in [2.45, 2.75) is 152 Å². The standard InChI is InChI=1S/C61H76BN2S2/c1-16-21-43-29-35-63(42(23-19-22-40(2)3)28-30-57(5,6)7)44(36-48-41(4)58(8,9)31-32-59(48,10)11)39-62-56-54(47-37-49-50(38-53(47)66-56)61(14,15)34-33-60(49,12)13)64(43)51-26-20-25-46-45-24-17-18-27-52(45)65-55(46)51/h16-19,22-24,26-30,35-40,43H,1,4,20-21,25,31-34H2,2-3,5-15H3/b22-19+,30-28+,35-29+,42-23+,44-39-,48-36+. The molecule has 0 N–H and O–H groups in total. The van der Waals surface area contributed by atoms with E-state index in [1.54, 1.807) is 0 Å². The van der Waals surface area contributed by atoms with Crippen molar-refractivity contribution in [3.05, 3.63) is 161 Å². The van der Waals surface area contributed by atoms with Crippen molar-refractivity contribution in [1.82, 2.24) is 4.90 Å². The Balaban J connectivity index is 1.46. The molecule has 345 valence electrons. The van der Waals surface area contributed by atoms with E-state index in [9.17, 15) is 0 Å². The van der Waals surface area contributed by atoms with Crippen LogP contribution < -0.4 is 9.68 Å². The van der Waals surface area contributed by atoms with Crippen molar-refractivity contribution in [3.63, 3.8) is 0 Å². The lowest BCUT2D eigenvalue weighted by Crippen LogP contribution is -2.37. The zero-order valence-corrected chi connectivity index (χ0v) is 44.3. The molecule has 3 heterocycles. The summed E-state index contributed by atoms with van der Waals surface area (Å²) in [7, 11) is 2.46. The van der Waals surface area contributed by atoms with Gasteiger partial charge in [0.15, 0.2) is 0 Å². The summed E-state index contributed by atoms with van der Waals surface area (Å²) in [6.07, 6.45) is 31.0. The molecule has 1 atom stereocenters. The number of benzene rings is 2. The molecule has 4 aliphatic rings. The monoisotopic (exact) mass is 912 g/mol. The second-order valence-electron chi connectivity index (χ2n) is 23.7. The minimum atomic E-state index is -0.0279. The molecule has 1 saturated carbocycles. The summed E-state index contributed by atoms with van der Waals surface area (Å²) in [6.45, 7) is 40.1. The Morgan fingerprint density at radius 1 is 0.879 bits per heavy atom. The van der Waals surface area contributed by atoms with Crippen LogP contribution in [0.2, 0.25) is 0 Å². The Morgan fingerprint density at radius 2 is 1.56 bits per heavy atom. The fourth-order valence-corrected chi connectivity index (χ4v) is 13.0. The van der Waals surface area contributed by atoms with Gasteiger partial charge in [-0.2, -0.15) is 0 Å². The Morgan fingerprint density at radius 3 is 2.26 bits per heavy atom. The highest BCUT2D eigenvalue weighted by Crippen LogP contribution is 2.53. The number of anilines is 1. The van der Waals surface area contributed by atoms with E-state index in [2.05, 4.69) is 217 Å². The molecule has 4 aromatic rings. The van der Waals surface area contributed by atoms with Gasteiger partial charge in [-0.15, -0.1) is 29.3 Å². The molecule has 0 bridgehead atoms. The van der Waals surface area contributed by atoms with Crippen LogP contribution in [0.4, 0.5) is 5.69 Å². The molecular weight excluding hydrogens is 836 g/mol. The van der Waals surface area contributed by atoms with Gasteiger partial charge in [0.1, 0.15) is 0 Å². The number of fused-ring (bicyclic) bond motifs is 7. The summed E-state index contributed by atoms with van der Waals surface area (Å²) in [5.41, 5.74) is 12.1. The highest BCUT2D eigenvalue weighted by atomic mass is 32.1. The molecule has 66 heavy (non-hydrogen) atoms. The van der Waals surface area contributed by atoms with E-state index < -0.39 is 0 Å². The van der Waals surface area contributed by atoms with Crippen molar-refractivity contribution in [1.29, 1.82) is 0 Å². The van der Waals surface area contributed by atoms with Gasteiger partial charge in [0, 0.05) is 32.4 Å². The van der Waals surface area contributed by atoms with Crippen LogP contribution in [0.3, 0.4) is 0 Å². The Labute approximate surface area is 408 Å². The van der Waals surface area contributed by atoms with Gasteiger partial charge in [-0.1, -0.05) is 151 Å². The summed E-state index contributed by atoms with van der Waals surface area (Å²) in [6, 6.07) is 14.2. The fourth-order valence-electron chi connectivity index (χ4n) is 10.5. The maximum atomic E-state index is 4.85. The van der Waals surface area contributed by atoms with Crippen LogP contribution in [-0.4, -0.2) is 18.2 Å². The van der Waals surface area contributed by atoms with Gasteiger partial charge < -0.3 is 9.80 Å². The first kappa shape index (κ1) is 48.2. The van der Waals surface area contributed by atoms with Crippen LogP contribution >= 0.6 is 22.7 Å². The summed E-state index contributed by atoms with van der Waals surface area (Å²) in [4.78, 5) is 6.59. The Bertz CT molecular complexity index is 2770. The lowest BCUT2D eigenvalue weighted by molar-refractivity contribution is 0.260. The van der Waals surface area contributed by atoms with Gasteiger partial charge in [0.25, 0.3) is 0 Å². The average Bonchev–Trinajstić information content (AvgIpc) is 3.81. The molecule has 5 heteroatoms. The minimum absolute atomic E-state index is 0.00826. The highest BCUT2D eigenvalue weighted by molar-refractivity contribution is 7.28. The minimum Gasteiger partial charge on any atom is -0.332 e. The van der Waals surface area contributed by atoms with Gasteiger partial charge in [-0.05, 0) is 158 Å². The average molecular weight is 912 g/mol. The number of hydrogen-bond acceptors (Lipinski definition) is 4. The Kier molecular flexibility index (Phi) is 13.1. The Hall–Kier alpha value is -4.32. The van der Waals surface area contributed by atoms with Crippen LogP contribution in [0.15, 0.2) is 139 Å². The van der Waals surface area contributed by atoms with Crippen molar-refractivity contribution in [2.24, 2.45) is 22.2 Å². The van der Waals surface area contributed by atoms with Gasteiger partial charge in [0.2, 0.25) is 7.28 Å². The number of aryl methyl sites for hydroxylation is 1. The topological polar surface area (TPSA) is 6.48 Å². The first-order chi connectivity index (χ1) is 31.0. The van der Waals surface area contributed by atoms with E-state index in [-0.39, 0.29) is 33.1 Å². The zero-order valence-electron chi connectivity index (χ0n) is 42.6. The molecule has 0 saturated heterocycles. The molecule has 0 spiro atoms. The molecule has 2 nitrogen and oxygen atoms in total. The molecule has 2 aromatic carbocycles. The third-order valence-electron chi connectivity index (χ3n) is 15.0. The van der Waals surface area contributed by atoms with Crippen molar-refractivity contribution in [3.8, 4) is 0 Å². The number of thiophene rings is 2. The summed E-state index contributed by atoms with van der Waals surface area (Å²) in [5.74, 6) is 2.85. The quantitative estimate of drug-likeness (QED) is 0.0987. The third kappa shape index (κ3) is 9.42. The van der Waals surface area contributed by atoms with E-state index in [0.717, 1.165) is 43.5 Å². The largest absolute Gasteiger partial charge is 0.332 e. The number of allylic oxidation sites excluding steroid dienone is 9. The van der Waals surface area contributed by atoms with E-state index >= 15 is 0 Å². The van der Waals surface area contributed by atoms with Gasteiger partial charge in [-0.3, -0.25) is 0 Å². The maximum Gasteiger partial charge on any atom is 0.200 e. The molecule has 0 amide bonds. The molecular formula is C61H76BN2S2. The summed E-state index contributed by atoms with van der Waals surface area (Å²) < 4.78 is 4.01. The van der Waals surface area contributed by atoms with Crippen molar-refractivity contribution >= 4 is 66.3 Å². The molecule has 1 unspecified atom stereocenters. The van der Waals surface area contributed by atoms with Crippen LogP contribution in [0.25, 0.3) is 25.9 Å². The summed E-state index contributed by atoms with van der Waals surface area (Å²) >= 11 is 3.92. The third-order valence-corrected chi connectivity index (χ3v) is 17.4. The van der Waals surface area contributed by atoms with Crippen LogP contribution in [0, 0.1) is 22.2 Å². The normalized spacial score (nSPS) is 23.7. The van der Waals surface area contributed by atoms with Crippen LogP contribution in [0.1, 0.15) is 150 Å². The van der Waals surface area contributed by atoms with Gasteiger partial charge in [0.05, 0.1) is 22.3 Å². The van der Waals surface area contributed by atoms with Gasteiger partial charge in [-0.25, -0.2) is 0 Å². The zero-order chi connectivity index (χ0) is 47.6. The lowest BCUT2D eigenvalue weighted by Gasteiger charge is -2.44. The fraction of sp³-hybridized carbons (Fsp3) is 0.443. The molecule has 1 fully saturated rings. The molecule has 1 radical (unpaired) electrons. The number of hydrogen-bond donors (Lipinski definition) is 0. The van der Waals surface area contributed by atoms with E-state index in [1.165, 1.54) is 81.9 Å². The van der Waals surface area contributed by atoms with Crippen LogP contribution in [0.5, 0.6) is 0 Å². The second kappa shape index (κ2) is 18.0. The number of nitrogens with zero attached hydrogens (tertiary/aromatic N) is 2. The van der Waals surface area contributed by atoms with Crippen molar-refractivity contribution in [2.75, 3.05) is 4.90 Å². The second-order valence-corrected chi connectivity index (χ2v) is 25.8. The first-order valence-corrected chi connectivity index (χ1v) is 26.4. The highest BCUT2D eigenvalue weighted by Gasteiger charge is 2.41.